The van der Waals surface area contributed by atoms with E-state index < -0.39 is 0 Å². The molecule has 1 nitrogen and oxygen atoms in total. The monoisotopic (exact) mass is 152 g/mol. The summed E-state index contributed by atoms with van der Waals surface area (Å²) in [4.78, 5) is 4.26. The first-order valence-corrected chi connectivity index (χ1v) is 4.49. The third kappa shape index (κ3) is 1.08. The van der Waals surface area contributed by atoms with E-state index in [1.54, 1.807) is 11.3 Å². The van der Waals surface area contributed by atoms with Crippen molar-refractivity contribution in [2.75, 3.05) is 0 Å². The average molecular weight is 152 g/mol. The largest absolute Gasteiger partial charge is 0.249 e. The van der Waals surface area contributed by atoms with E-state index >= 15 is 0 Å². The fourth-order valence-electron chi connectivity index (χ4n) is 1.11. The molecule has 0 spiro atoms. The van der Waals surface area contributed by atoms with Crippen LogP contribution in [0.15, 0.2) is 11.6 Å². The van der Waals surface area contributed by atoms with E-state index in [2.05, 4.69) is 11.9 Å². The lowest BCUT2D eigenvalue weighted by molar-refractivity contribution is 0.868. The van der Waals surface area contributed by atoms with Crippen LogP contribution in [0.5, 0.6) is 0 Å². The van der Waals surface area contributed by atoms with Gasteiger partial charge in [0.1, 0.15) is 0 Å². The molecular weight excluding hydrogens is 142 g/mol. The maximum Gasteiger partial charge on any atom is 0.0996 e. The molecule has 0 aliphatic heterocycles. The van der Waals surface area contributed by atoms with Crippen LogP contribution in [0.4, 0.5) is 0 Å². The molecule has 1 fully saturated rings. The Bertz CT molecular complexity index is 201. The van der Waals surface area contributed by atoms with Gasteiger partial charge in [-0.2, -0.15) is 0 Å². The molecule has 2 rings (SSSR count). The van der Waals surface area contributed by atoms with E-state index in [-0.39, 0.29) is 0 Å². The summed E-state index contributed by atoms with van der Waals surface area (Å²) < 4.78 is 0. The molecule has 1 aromatic heterocycles. The maximum atomic E-state index is 4.26. The Labute approximate surface area is 65.1 Å². The summed E-state index contributed by atoms with van der Waals surface area (Å²) in [5.41, 5.74) is 0. The van der Waals surface area contributed by atoms with Gasteiger partial charge in [0.25, 0.3) is 0 Å². The minimum Gasteiger partial charge on any atom is -0.249 e. The molecule has 0 unspecified atom stereocenters. The Hall–Kier alpha value is -0.370. The predicted molar refractivity (Wildman–Crippen MR) is 42.9 cm³/mol. The molecule has 0 saturated heterocycles. The highest BCUT2D eigenvalue weighted by Gasteiger charge is 2.30. The van der Waals surface area contributed by atoms with Crippen molar-refractivity contribution in [1.82, 2.24) is 4.98 Å². The van der Waals surface area contributed by atoms with Gasteiger partial charge in [0, 0.05) is 17.5 Å². The van der Waals surface area contributed by atoms with E-state index in [1.165, 1.54) is 23.8 Å². The Morgan fingerprint density at radius 1 is 1.70 bits per heavy atom. The van der Waals surface area contributed by atoms with Gasteiger partial charge < -0.3 is 0 Å². The van der Waals surface area contributed by atoms with Gasteiger partial charge in [-0.15, -0.1) is 11.3 Å². The molecule has 1 heterocycles. The smallest absolute Gasteiger partial charge is 0.0996 e. The van der Waals surface area contributed by atoms with Crippen molar-refractivity contribution in [3.05, 3.63) is 22.5 Å². The van der Waals surface area contributed by atoms with Gasteiger partial charge in [0.15, 0.2) is 0 Å². The van der Waals surface area contributed by atoms with Crippen LogP contribution in [0.1, 0.15) is 24.8 Å². The summed E-state index contributed by atoms with van der Waals surface area (Å²) in [6.45, 7) is 2.20. The number of rotatable bonds is 2. The predicted octanol–water partition coefficient (Wildman–Crippen LogP) is 2.50. The second-order valence-corrected chi connectivity index (χ2v) is 3.69. The highest BCUT2D eigenvalue weighted by molar-refractivity contribution is 7.09. The first-order valence-electron chi connectivity index (χ1n) is 3.61. The van der Waals surface area contributed by atoms with E-state index in [1.807, 2.05) is 11.6 Å². The van der Waals surface area contributed by atoms with Crippen molar-refractivity contribution in [3.63, 3.8) is 0 Å². The molecule has 1 aliphatic carbocycles. The topological polar surface area (TPSA) is 12.9 Å². The van der Waals surface area contributed by atoms with Crippen molar-refractivity contribution in [3.8, 4) is 0 Å². The van der Waals surface area contributed by atoms with Crippen molar-refractivity contribution < 1.29 is 0 Å². The fraction of sp³-hybridized carbons (Fsp3) is 0.500. The highest BCUT2D eigenvalue weighted by Crippen LogP contribution is 2.41. The third-order valence-corrected chi connectivity index (χ3v) is 2.87. The first kappa shape index (κ1) is 6.35. The molecule has 1 radical (unpaired) electrons. The highest BCUT2D eigenvalue weighted by atomic mass is 32.1. The Morgan fingerprint density at radius 2 is 2.50 bits per heavy atom. The second kappa shape index (κ2) is 2.35. The molecule has 0 atom stereocenters. The zero-order chi connectivity index (χ0) is 6.97. The number of hydrogen-bond acceptors (Lipinski definition) is 2. The van der Waals surface area contributed by atoms with Crippen LogP contribution < -0.4 is 0 Å². The van der Waals surface area contributed by atoms with Gasteiger partial charge in [-0.05, 0) is 18.8 Å². The molecule has 10 heavy (non-hydrogen) atoms. The molecule has 2 heteroatoms. The van der Waals surface area contributed by atoms with Crippen LogP contribution >= 0.6 is 11.3 Å². The molecule has 1 aromatic rings. The zero-order valence-corrected chi connectivity index (χ0v) is 6.82. The molecule has 0 N–H and O–H groups in total. The van der Waals surface area contributed by atoms with E-state index in [9.17, 15) is 0 Å². The minimum atomic E-state index is 0.867. The zero-order valence-electron chi connectivity index (χ0n) is 6.00. The van der Waals surface area contributed by atoms with Gasteiger partial charge in [0.05, 0.1) is 5.01 Å². The van der Waals surface area contributed by atoms with Gasteiger partial charge in [-0.1, -0.05) is 6.92 Å². The summed E-state index contributed by atoms with van der Waals surface area (Å²) in [6.07, 6.45) is 4.64. The molecule has 1 aliphatic rings. The summed E-state index contributed by atoms with van der Waals surface area (Å²) in [7, 11) is 0. The number of nitrogens with zero attached hydrogens (tertiary/aromatic N) is 1. The fourth-order valence-corrected chi connectivity index (χ4v) is 1.83. The number of aromatic nitrogens is 1. The summed E-state index contributed by atoms with van der Waals surface area (Å²) in [5, 5.41) is 3.28. The van der Waals surface area contributed by atoms with E-state index in [4.69, 9.17) is 0 Å². The quantitative estimate of drug-likeness (QED) is 0.634. The lowest BCUT2D eigenvalue weighted by Crippen LogP contribution is -1.94. The van der Waals surface area contributed by atoms with Gasteiger partial charge in [-0.3, -0.25) is 0 Å². The second-order valence-electron chi connectivity index (χ2n) is 2.79. The van der Waals surface area contributed by atoms with Crippen molar-refractivity contribution >= 4 is 11.3 Å². The Kier molecular flexibility index (Phi) is 1.49. The van der Waals surface area contributed by atoms with E-state index in [0.717, 1.165) is 5.92 Å². The SMILES string of the molecule is C[C](c1nccs1)C1CC1. The van der Waals surface area contributed by atoms with Crippen LogP contribution in [-0.2, 0) is 0 Å². The first-order chi connectivity index (χ1) is 4.88. The third-order valence-electron chi connectivity index (χ3n) is 1.96. The standard InChI is InChI=1S/C8H10NS/c1-6(7-2-3-7)8-9-4-5-10-8/h4-5,7H,2-3H2,1H3. The summed E-state index contributed by atoms with van der Waals surface area (Å²) in [5.74, 6) is 2.36. The number of hydrogen-bond donors (Lipinski definition) is 0. The minimum absolute atomic E-state index is 0.867. The normalized spacial score (nSPS) is 18.2. The lowest BCUT2D eigenvalue weighted by atomic mass is 10.1. The Balaban J connectivity index is 2.11. The van der Waals surface area contributed by atoms with Crippen molar-refractivity contribution in [2.45, 2.75) is 19.8 Å². The molecule has 0 aromatic carbocycles. The van der Waals surface area contributed by atoms with Crippen LogP contribution in [0, 0.1) is 11.8 Å². The lowest BCUT2D eigenvalue weighted by Gasteiger charge is -2.02. The van der Waals surface area contributed by atoms with Crippen molar-refractivity contribution in [1.29, 1.82) is 0 Å². The van der Waals surface area contributed by atoms with Crippen molar-refractivity contribution in [2.24, 2.45) is 5.92 Å². The maximum absolute atomic E-state index is 4.26. The van der Waals surface area contributed by atoms with Gasteiger partial charge >= 0.3 is 0 Å². The summed E-state index contributed by atoms with van der Waals surface area (Å²) in [6, 6.07) is 0. The van der Waals surface area contributed by atoms with E-state index in [0.29, 0.717) is 0 Å². The molecule has 0 bridgehead atoms. The summed E-state index contributed by atoms with van der Waals surface area (Å²) >= 11 is 1.75. The molecule has 53 valence electrons. The molecular formula is C8H10NS. The molecule has 1 saturated carbocycles. The number of thiazole rings is 1. The van der Waals surface area contributed by atoms with Crippen LogP contribution in [-0.4, -0.2) is 4.98 Å². The van der Waals surface area contributed by atoms with Gasteiger partial charge in [0.2, 0.25) is 0 Å². The molecule has 0 amide bonds. The van der Waals surface area contributed by atoms with Crippen LogP contribution in [0.25, 0.3) is 0 Å². The average Bonchev–Trinajstić information content (AvgIpc) is 2.65. The van der Waals surface area contributed by atoms with Gasteiger partial charge in [-0.25, -0.2) is 4.98 Å². The Morgan fingerprint density at radius 3 is 3.00 bits per heavy atom. The van der Waals surface area contributed by atoms with Crippen LogP contribution in [0.2, 0.25) is 0 Å². The van der Waals surface area contributed by atoms with Crippen LogP contribution in [0.3, 0.4) is 0 Å².